The van der Waals surface area contributed by atoms with Gasteiger partial charge in [0.15, 0.2) is 5.54 Å². The Morgan fingerprint density at radius 1 is 1.14 bits per heavy atom. The quantitative estimate of drug-likeness (QED) is 0.857. The van der Waals surface area contributed by atoms with Gasteiger partial charge < -0.3 is 10.4 Å². The molecule has 0 aliphatic rings. The molecule has 2 rings (SSSR count). The first-order valence-corrected chi connectivity index (χ1v) is 7.47. The zero-order valence-electron chi connectivity index (χ0n) is 12.3. The van der Waals surface area contributed by atoms with Crippen molar-refractivity contribution >= 4 is 27.6 Å². The molecule has 0 heterocycles. The Morgan fingerprint density at radius 2 is 1.86 bits per heavy atom. The molecule has 21 heavy (non-hydrogen) atoms. The maximum absolute atomic E-state index is 11.8. The van der Waals surface area contributed by atoms with E-state index < -0.39 is 11.5 Å². The van der Waals surface area contributed by atoms with Crippen molar-refractivity contribution in [2.24, 2.45) is 0 Å². The van der Waals surface area contributed by atoms with E-state index in [9.17, 15) is 9.90 Å². The monoisotopic (exact) mass is 347 g/mol. The zero-order valence-corrected chi connectivity index (χ0v) is 13.9. The zero-order chi connectivity index (χ0) is 15.6. The second-order valence-electron chi connectivity index (χ2n) is 5.36. The standard InChI is InChI=1S/C17H18BrNO2/c1-11-7-8-13(9-12(11)2)17(3,16(20)21)19-15-6-4-5-14(18)10-15/h4-10,19H,1-3H3,(H,20,21). The lowest BCUT2D eigenvalue weighted by atomic mass is 9.89. The largest absolute Gasteiger partial charge is 0.479 e. The Kier molecular flexibility index (Phi) is 4.37. The van der Waals surface area contributed by atoms with Crippen LogP contribution < -0.4 is 5.32 Å². The summed E-state index contributed by atoms with van der Waals surface area (Å²) in [6.07, 6.45) is 0. The predicted octanol–water partition coefficient (Wildman–Crippen LogP) is 4.48. The van der Waals surface area contributed by atoms with Gasteiger partial charge >= 0.3 is 5.97 Å². The molecule has 0 fully saturated rings. The highest BCUT2D eigenvalue weighted by Gasteiger charge is 2.35. The van der Waals surface area contributed by atoms with Crippen molar-refractivity contribution < 1.29 is 9.90 Å². The molecule has 0 spiro atoms. The Bertz CT molecular complexity index is 684. The minimum absolute atomic E-state index is 0.734. The average Bonchev–Trinajstić information content (AvgIpc) is 2.41. The first-order valence-electron chi connectivity index (χ1n) is 6.68. The molecule has 0 amide bonds. The maximum atomic E-state index is 11.8. The molecule has 0 radical (unpaired) electrons. The minimum atomic E-state index is -1.18. The molecular formula is C17H18BrNO2. The van der Waals surface area contributed by atoms with Gasteiger partial charge in [0, 0.05) is 10.2 Å². The predicted molar refractivity (Wildman–Crippen MR) is 88.7 cm³/mol. The SMILES string of the molecule is Cc1ccc(C(C)(Nc2cccc(Br)c2)C(=O)O)cc1C. The average molecular weight is 348 g/mol. The molecule has 2 aromatic rings. The second-order valence-corrected chi connectivity index (χ2v) is 6.28. The van der Waals surface area contributed by atoms with Crippen LogP contribution in [0.5, 0.6) is 0 Å². The van der Waals surface area contributed by atoms with Gasteiger partial charge in [0.25, 0.3) is 0 Å². The van der Waals surface area contributed by atoms with Gasteiger partial charge in [-0.3, -0.25) is 0 Å². The molecule has 2 aromatic carbocycles. The summed E-state index contributed by atoms with van der Waals surface area (Å²) >= 11 is 3.40. The van der Waals surface area contributed by atoms with Crippen molar-refractivity contribution in [1.29, 1.82) is 0 Å². The van der Waals surface area contributed by atoms with Gasteiger partial charge in [-0.2, -0.15) is 0 Å². The fourth-order valence-electron chi connectivity index (χ4n) is 2.16. The molecular weight excluding hydrogens is 330 g/mol. The number of aliphatic carboxylic acids is 1. The number of carbonyl (C=O) groups is 1. The summed E-state index contributed by atoms with van der Waals surface area (Å²) in [5.41, 5.74) is 2.54. The van der Waals surface area contributed by atoms with Gasteiger partial charge in [0.2, 0.25) is 0 Å². The molecule has 0 aromatic heterocycles. The van der Waals surface area contributed by atoms with Gasteiger partial charge in [-0.05, 0) is 55.7 Å². The topological polar surface area (TPSA) is 49.3 Å². The lowest BCUT2D eigenvalue weighted by Crippen LogP contribution is -2.40. The van der Waals surface area contributed by atoms with Crippen LogP contribution in [0.2, 0.25) is 0 Å². The first kappa shape index (κ1) is 15.6. The van der Waals surface area contributed by atoms with Crippen LogP contribution in [0.3, 0.4) is 0 Å². The summed E-state index contributed by atoms with van der Waals surface area (Å²) in [6, 6.07) is 13.2. The van der Waals surface area contributed by atoms with E-state index in [4.69, 9.17) is 0 Å². The van der Waals surface area contributed by atoms with E-state index in [-0.39, 0.29) is 0 Å². The van der Waals surface area contributed by atoms with Gasteiger partial charge in [-0.1, -0.05) is 40.2 Å². The van der Waals surface area contributed by atoms with Crippen molar-refractivity contribution in [2.75, 3.05) is 5.32 Å². The lowest BCUT2D eigenvalue weighted by Gasteiger charge is -2.28. The molecule has 0 bridgehead atoms. The Hall–Kier alpha value is -1.81. The van der Waals surface area contributed by atoms with Gasteiger partial charge in [-0.15, -0.1) is 0 Å². The van der Waals surface area contributed by atoms with E-state index in [1.54, 1.807) is 6.92 Å². The molecule has 0 saturated heterocycles. The lowest BCUT2D eigenvalue weighted by molar-refractivity contribution is -0.142. The first-order chi connectivity index (χ1) is 9.83. The van der Waals surface area contributed by atoms with E-state index >= 15 is 0 Å². The normalized spacial score (nSPS) is 13.5. The number of carboxylic acids is 1. The minimum Gasteiger partial charge on any atom is -0.479 e. The van der Waals surface area contributed by atoms with Crippen LogP contribution >= 0.6 is 15.9 Å². The van der Waals surface area contributed by atoms with Crippen LogP contribution in [-0.2, 0) is 10.3 Å². The highest BCUT2D eigenvalue weighted by molar-refractivity contribution is 9.10. The number of anilines is 1. The van der Waals surface area contributed by atoms with E-state index in [2.05, 4.69) is 21.2 Å². The van der Waals surface area contributed by atoms with Crippen molar-refractivity contribution in [3.05, 3.63) is 63.6 Å². The number of rotatable bonds is 4. The van der Waals surface area contributed by atoms with E-state index in [1.165, 1.54) is 0 Å². The van der Waals surface area contributed by atoms with E-state index in [1.807, 2.05) is 56.3 Å². The Balaban J connectivity index is 2.45. The Labute approximate surface area is 133 Å². The van der Waals surface area contributed by atoms with Crippen LogP contribution in [0.15, 0.2) is 46.9 Å². The summed E-state index contributed by atoms with van der Waals surface area (Å²) in [6.45, 7) is 5.68. The van der Waals surface area contributed by atoms with Crippen molar-refractivity contribution in [3.63, 3.8) is 0 Å². The molecule has 0 aliphatic carbocycles. The number of nitrogens with one attached hydrogen (secondary N) is 1. The van der Waals surface area contributed by atoms with E-state index in [0.717, 1.165) is 26.9 Å². The fraction of sp³-hybridized carbons (Fsp3) is 0.235. The highest BCUT2D eigenvalue weighted by atomic mass is 79.9. The van der Waals surface area contributed by atoms with Crippen molar-refractivity contribution in [3.8, 4) is 0 Å². The molecule has 4 heteroatoms. The maximum Gasteiger partial charge on any atom is 0.333 e. The fourth-order valence-corrected chi connectivity index (χ4v) is 2.56. The number of hydrogen-bond donors (Lipinski definition) is 2. The van der Waals surface area contributed by atoms with Crippen molar-refractivity contribution in [2.45, 2.75) is 26.3 Å². The smallest absolute Gasteiger partial charge is 0.333 e. The van der Waals surface area contributed by atoms with Crippen LogP contribution in [0, 0.1) is 13.8 Å². The molecule has 0 aliphatic heterocycles. The van der Waals surface area contributed by atoms with Gasteiger partial charge in [0.05, 0.1) is 0 Å². The Morgan fingerprint density at radius 3 is 2.43 bits per heavy atom. The third kappa shape index (κ3) is 3.27. The molecule has 0 saturated carbocycles. The number of aryl methyl sites for hydroxylation is 2. The van der Waals surface area contributed by atoms with Gasteiger partial charge in [-0.25, -0.2) is 4.79 Å². The van der Waals surface area contributed by atoms with Gasteiger partial charge in [0.1, 0.15) is 0 Å². The second kappa shape index (κ2) is 5.90. The third-order valence-electron chi connectivity index (χ3n) is 3.73. The summed E-state index contributed by atoms with van der Waals surface area (Å²) in [5, 5.41) is 12.8. The van der Waals surface area contributed by atoms with Crippen LogP contribution in [0.4, 0.5) is 5.69 Å². The molecule has 110 valence electrons. The molecule has 1 atom stereocenters. The van der Waals surface area contributed by atoms with Crippen molar-refractivity contribution in [1.82, 2.24) is 0 Å². The summed E-state index contributed by atoms with van der Waals surface area (Å²) in [7, 11) is 0. The molecule has 2 N–H and O–H groups in total. The number of benzene rings is 2. The van der Waals surface area contributed by atoms with Crippen LogP contribution in [0.1, 0.15) is 23.6 Å². The van der Waals surface area contributed by atoms with Crippen LogP contribution in [-0.4, -0.2) is 11.1 Å². The van der Waals surface area contributed by atoms with Crippen LogP contribution in [0.25, 0.3) is 0 Å². The summed E-state index contributed by atoms with van der Waals surface area (Å²) < 4.78 is 0.903. The highest BCUT2D eigenvalue weighted by Crippen LogP contribution is 2.29. The van der Waals surface area contributed by atoms with E-state index in [0.29, 0.717) is 0 Å². The molecule has 3 nitrogen and oxygen atoms in total. The summed E-state index contributed by atoms with van der Waals surface area (Å²) in [4.78, 5) is 11.8. The summed E-state index contributed by atoms with van der Waals surface area (Å²) in [5.74, 6) is -0.911. The third-order valence-corrected chi connectivity index (χ3v) is 4.22. The number of halogens is 1. The number of hydrogen-bond acceptors (Lipinski definition) is 2. The number of carboxylic acid groups (broad SMARTS) is 1. The molecule has 1 unspecified atom stereocenters.